The summed E-state index contributed by atoms with van der Waals surface area (Å²) in [6.45, 7) is 7.20. The number of rotatable bonds is 1. The molecule has 2 aliphatic heterocycles. The van der Waals surface area contributed by atoms with E-state index in [-0.39, 0.29) is 0 Å². The monoisotopic (exact) mass is 223 g/mol. The molecule has 3 aliphatic rings. The van der Waals surface area contributed by atoms with Gasteiger partial charge in [-0.3, -0.25) is 4.90 Å². The van der Waals surface area contributed by atoms with E-state index in [2.05, 4.69) is 22.5 Å². The van der Waals surface area contributed by atoms with E-state index in [0.29, 0.717) is 0 Å². The second-order valence-electron chi connectivity index (χ2n) is 5.68. The minimum absolute atomic E-state index is 0.740. The summed E-state index contributed by atoms with van der Waals surface area (Å²) in [6.07, 6.45) is 5.64. The zero-order chi connectivity index (χ0) is 11.0. The van der Waals surface area contributed by atoms with Crippen LogP contribution in [-0.4, -0.2) is 49.2 Å². The van der Waals surface area contributed by atoms with Crippen molar-refractivity contribution < 1.29 is 0 Å². The Balaban J connectivity index is 1.81. The Morgan fingerprint density at radius 3 is 3.06 bits per heavy atom. The summed E-state index contributed by atoms with van der Waals surface area (Å²) >= 11 is 0. The van der Waals surface area contributed by atoms with Gasteiger partial charge in [0.2, 0.25) is 0 Å². The van der Waals surface area contributed by atoms with Crippen molar-refractivity contribution in [2.75, 3.05) is 26.2 Å². The van der Waals surface area contributed by atoms with E-state index in [1.54, 1.807) is 0 Å². The van der Waals surface area contributed by atoms with Crippen LogP contribution >= 0.6 is 0 Å². The molecule has 0 amide bonds. The van der Waals surface area contributed by atoms with Gasteiger partial charge in [0, 0.05) is 44.3 Å². The molecule has 3 heteroatoms. The zero-order valence-corrected chi connectivity index (χ0v) is 10.4. The van der Waals surface area contributed by atoms with Crippen molar-refractivity contribution >= 4 is 0 Å². The summed E-state index contributed by atoms with van der Waals surface area (Å²) < 4.78 is 0. The normalized spacial score (nSPS) is 44.8. The van der Waals surface area contributed by atoms with Gasteiger partial charge in [0.15, 0.2) is 0 Å². The Morgan fingerprint density at radius 2 is 2.19 bits per heavy atom. The Labute approximate surface area is 99.0 Å². The standard InChI is InChI=1S/C13H25N3/c1-2-13-11-4-3-5-12(11)15-9-10-8-14-6-7-16(10)13/h10-15H,2-9H2,1H3/t10?,11-,12?,13+/m1/s1. The molecule has 0 radical (unpaired) electrons. The molecule has 1 aliphatic carbocycles. The van der Waals surface area contributed by atoms with Crippen molar-refractivity contribution in [2.24, 2.45) is 5.92 Å². The lowest BCUT2D eigenvalue weighted by atomic mass is 9.91. The first-order valence-corrected chi connectivity index (χ1v) is 7.10. The lowest BCUT2D eigenvalue weighted by Gasteiger charge is -2.41. The average Bonchev–Trinajstić information content (AvgIpc) is 2.72. The van der Waals surface area contributed by atoms with E-state index in [9.17, 15) is 0 Å². The molecule has 2 saturated heterocycles. The van der Waals surface area contributed by atoms with Crippen LogP contribution in [0, 0.1) is 5.92 Å². The van der Waals surface area contributed by atoms with Crippen LogP contribution < -0.4 is 10.6 Å². The van der Waals surface area contributed by atoms with Gasteiger partial charge in [-0.15, -0.1) is 0 Å². The highest BCUT2D eigenvalue weighted by molar-refractivity contribution is 4.99. The predicted molar refractivity (Wildman–Crippen MR) is 66.6 cm³/mol. The molecule has 92 valence electrons. The zero-order valence-electron chi connectivity index (χ0n) is 10.4. The van der Waals surface area contributed by atoms with Gasteiger partial charge in [-0.2, -0.15) is 0 Å². The van der Waals surface area contributed by atoms with Gasteiger partial charge in [-0.1, -0.05) is 13.3 Å². The molecule has 16 heavy (non-hydrogen) atoms. The third kappa shape index (κ3) is 1.79. The summed E-state index contributed by atoms with van der Waals surface area (Å²) in [5.41, 5.74) is 0. The Bertz CT molecular complexity index is 243. The topological polar surface area (TPSA) is 27.3 Å². The molecule has 0 bridgehead atoms. The maximum atomic E-state index is 3.83. The SMILES string of the molecule is CC[C@H]1[C@@H]2CCCC2NCC2CNCCN21. The van der Waals surface area contributed by atoms with Crippen LogP contribution in [0.1, 0.15) is 32.6 Å². The van der Waals surface area contributed by atoms with Crippen LogP contribution in [0.3, 0.4) is 0 Å². The first-order valence-electron chi connectivity index (χ1n) is 7.10. The molecule has 3 rings (SSSR count). The van der Waals surface area contributed by atoms with Gasteiger partial charge >= 0.3 is 0 Å². The van der Waals surface area contributed by atoms with Crippen molar-refractivity contribution in [3.05, 3.63) is 0 Å². The van der Waals surface area contributed by atoms with Crippen LogP contribution in [-0.2, 0) is 0 Å². The maximum Gasteiger partial charge on any atom is 0.0349 e. The fraction of sp³-hybridized carbons (Fsp3) is 1.00. The highest BCUT2D eigenvalue weighted by Crippen LogP contribution is 2.35. The van der Waals surface area contributed by atoms with Crippen molar-refractivity contribution in [2.45, 2.75) is 50.7 Å². The van der Waals surface area contributed by atoms with E-state index in [0.717, 1.165) is 24.0 Å². The molecule has 3 fully saturated rings. The lowest BCUT2D eigenvalue weighted by molar-refractivity contribution is 0.0849. The minimum atomic E-state index is 0.740. The van der Waals surface area contributed by atoms with Gasteiger partial charge < -0.3 is 10.6 Å². The first kappa shape index (κ1) is 11.0. The van der Waals surface area contributed by atoms with Crippen LogP contribution in [0.4, 0.5) is 0 Å². The van der Waals surface area contributed by atoms with Crippen molar-refractivity contribution in [3.8, 4) is 0 Å². The van der Waals surface area contributed by atoms with Gasteiger partial charge in [-0.05, 0) is 25.2 Å². The van der Waals surface area contributed by atoms with Crippen LogP contribution in [0.5, 0.6) is 0 Å². The second-order valence-corrected chi connectivity index (χ2v) is 5.68. The van der Waals surface area contributed by atoms with Crippen molar-refractivity contribution in [1.82, 2.24) is 15.5 Å². The highest BCUT2D eigenvalue weighted by Gasteiger charge is 2.41. The van der Waals surface area contributed by atoms with E-state index in [1.807, 2.05) is 0 Å². The Morgan fingerprint density at radius 1 is 1.25 bits per heavy atom. The molecule has 0 spiro atoms. The molecule has 0 aromatic heterocycles. The summed E-state index contributed by atoms with van der Waals surface area (Å²) in [6, 6.07) is 2.40. The van der Waals surface area contributed by atoms with E-state index in [1.165, 1.54) is 51.9 Å². The number of hydrogen-bond donors (Lipinski definition) is 2. The third-order valence-electron chi connectivity index (χ3n) is 4.92. The molecule has 1 saturated carbocycles. The van der Waals surface area contributed by atoms with E-state index in [4.69, 9.17) is 0 Å². The summed E-state index contributed by atoms with van der Waals surface area (Å²) in [7, 11) is 0. The largest absolute Gasteiger partial charge is 0.314 e. The van der Waals surface area contributed by atoms with Gasteiger partial charge in [-0.25, -0.2) is 0 Å². The Kier molecular flexibility index (Phi) is 3.18. The maximum absolute atomic E-state index is 3.83. The molecule has 2 unspecified atom stereocenters. The van der Waals surface area contributed by atoms with Crippen LogP contribution in [0.15, 0.2) is 0 Å². The molecular weight excluding hydrogens is 198 g/mol. The van der Waals surface area contributed by atoms with Crippen LogP contribution in [0.25, 0.3) is 0 Å². The number of nitrogens with zero attached hydrogens (tertiary/aromatic N) is 1. The fourth-order valence-electron chi connectivity index (χ4n) is 4.18. The first-order chi connectivity index (χ1) is 7.90. The van der Waals surface area contributed by atoms with E-state index >= 15 is 0 Å². The molecule has 2 N–H and O–H groups in total. The highest BCUT2D eigenvalue weighted by atomic mass is 15.3. The molecule has 0 aromatic rings. The molecule has 0 aromatic carbocycles. The molecular formula is C13H25N3. The van der Waals surface area contributed by atoms with Crippen molar-refractivity contribution in [3.63, 3.8) is 0 Å². The number of nitrogens with one attached hydrogen (secondary N) is 2. The predicted octanol–water partition coefficient (Wildman–Crippen LogP) is 0.811. The van der Waals surface area contributed by atoms with Crippen LogP contribution in [0.2, 0.25) is 0 Å². The molecule has 2 heterocycles. The van der Waals surface area contributed by atoms with Gasteiger partial charge in [0.05, 0.1) is 0 Å². The third-order valence-corrected chi connectivity index (χ3v) is 4.92. The second kappa shape index (κ2) is 4.63. The number of hydrogen-bond acceptors (Lipinski definition) is 3. The number of fused-ring (bicyclic) bond motifs is 2. The molecule has 3 nitrogen and oxygen atoms in total. The minimum Gasteiger partial charge on any atom is -0.314 e. The van der Waals surface area contributed by atoms with Crippen molar-refractivity contribution in [1.29, 1.82) is 0 Å². The summed E-state index contributed by atoms with van der Waals surface area (Å²) in [5, 5.41) is 7.37. The number of piperazine rings is 1. The van der Waals surface area contributed by atoms with Gasteiger partial charge in [0.25, 0.3) is 0 Å². The fourth-order valence-corrected chi connectivity index (χ4v) is 4.18. The quantitative estimate of drug-likeness (QED) is 0.689. The summed E-state index contributed by atoms with van der Waals surface area (Å²) in [4.78, 5) is 2.81. The smallest absolute Gasteiger partial charge is 0.0349 e. The van der Waals surface area contributed by atoms with Gasteiger partial charge in [0.1, 0.15) is 0 Å². The average molecular weight is 223 g/mol. The van der Waals surface area contributed by atoms with E-state index < -0.39 is 0 Å². The summed E-state index contributed by atoms with van der Waals surface area (Å²) in [5.74, 6) is 0.924. The Hall–Kier alpha value is -0.120. The lowest BCUT2D eigenvalue weighted by Crippen LogP contribution is -2.57. The molecule has 4 atom stereocenters.